The molecule has 1 fully saturated rings. The smallest absolute Gasteiger partial charge is 0.271 e. The van der Waals surface area contributed by atoms with E-state index in [0.717, 1.165) is 5.01 Å². The number of hydrogen-bond acceptors (Lipinski definition) is 3. The van der Waals surface area contributed by atoms with E-state index in [1.807, 2.05) is 0 Å². The number of hydrazine groups is 1. The lowest BCUT2D eigenvalue weighted by atomic mass is 10.2. The molecule has 1 heterocycles. The first-order valence-electron chi connectivity index (χ1n) is 7.47. The Labute approximate surface area is 167 Å². The molecule has 1 saturated heterocycles. The van der Waals surface area contributed by atoms with Gasteiger partial charge in [0, 0.05) is 20.2 Å². The number of piperazine rings is 1. The van der Waals surface area contributed by atoms with Crippen molar-refractivity contribution < 1.29 is 14.4 Å². The molecule has 2 aromatic carbocycles. The normalized spacial score (nSPS) is 14.6. The summed E-state index contributed by atoms with van der Waals surface area (Å²) in [6.45, 7) is -0.523. The highest BCUT2D eigenvalue weighted by molar-refractivity contribution is 9.10. The molecule has 0 aliphatic carbocycles. The monoisotopic (exact) mass is 455 g/mol. The molecule has 26 heavy (non-hydrogen) atoms. The molecule has 0 aromatic heterocycles. The van der Waals surface area contributed by atoms with E-state index in [9.17, 15) is 14.4 Å². The topological polar surface area (TPSA) is 69.7 Å². The van der Waals surface area contributed by atoms with Gasteiger partial charge >= 0.3 is 0 Å². The van der Waals surface area contributed by atoms with Crippen molar-refractivity contribution in [3.63, 3.8) is 0 Å². The second kappa shape index (κ2) is 7.65. The second-order valence-electron chi connectivity index (χ2n) is 5.51. The van der Waals surface area contributed by atoms with Gasteiger partial charge in [-0.25, -0.2) is 5.01 Å². The molecule has 1 aliphatic rings. The fourth-order valence-corrected chi connectivity index (χ4v) is 3.46. The van der Waals surface area contributed by atoms with Crippen LogP contribution in [0.15, 0.2) is 46.9 Å². The van der Waals surface area contributed by atoms with E-state index in [-0.39, 0.29) is 19.0 Å². The van der Waals surface area contributed by atoms with Crippen LogP contribution in [-0.4, -0.2) is 35.8 Å². The first kappa shape index (κ1) is 18.7. The van der Waals surface area contributed by atoms with Crippen molar-refractivity contribution in [2.45, 2.75) is 0 Å². The predicted molar refractivity (Wildman–Crippen MR) is 102 cm³/mol. The maximum Gasteiger partial charge on any atom is 0.271 e. The molecular formula is C17H12BrCl2N3O3. The van der Waals surface area contributed by atoms with Crippen molar-refractivity contribution >= 4 is 62.5 Å². The lowest BCUT2D eigenvalue weighted by Crippen LogP contribution is -2.59. The maximum absolute atomic E-state index is 12.4. The second-order valence-corrected chi connectivity index (χ2v) is 7.24. The van der Waals surface area contributed by atoms with Gasteiger partial charge in [-0.3, -0.25) is 19.8 Å². The number of anilines is 1. The van der Waals surface area contributed by atoms with Crippen molar-refractivity contribution in [3.05, 3.63) is 62.5 Å². The van der Waals surface area contributed by atoms with Crippen LogP contribution in [0.4, 0.5) is 5.69 Å². The summed E-state index contributed by atoms with van der Waals surface area (Å²) in [5.74, 6) is -1.28. The Hall–Kier alpha value is -2.09. The van der Waals surface area contributed by atoms with Crippen LogP contribution in [0.3, 0.4) is 0 Å². The summed E-state index contributed by atoms with van der Waals surface area (Å²) in [6.07, 6.45) is 0. The molecule has 0 unspecified atom stereocenters. The van der Waals surface area contributed by atoms with E-state index in [1.165, 1.54) is 11.0 Å². The zero-order valence-corrected chi connectivity index (χ0v) is 16.3. The molecule has 134 valence electrons. The summed E-state index contributed by atoms with van der Waals surface area (Å²) in [5, 5.41) is 1.72. The van der Waals surface area contributed by atoms with E-state index < -0.39 is 11.8 Å². The third-order valence-corrected chi connectivity index (χ3v) is 4.83. The Morgan fingerprint density at radius 1 is 1.00 bits per heavy atom. The number of rotatable bonds is 3. The van der Waals surface area contributed by atoms with Gasteiger partial charge in [-0.2, -0.15) is 0 Å². The van der Waals surface area contributed by atoms with Gasteiger partial charge in [0.25, 0.3) is 11.8 Å². The number of nitrogens with zero attached hydrogens (tertiary/aromatic N) is 2. The number of hydrogen-bond donors (Lipinski definition) is 1. The van der Waals surface area contributed by atoms with E-state index in [0.29, 0.717) is 25.8 Å². The van der Waals surface area contributed by atoms with E-state index in [1.54, 1.807) is 36.4 Å². The Balaban J connectivity index is 1.74. The standard InChI is InChI=1S/C17H12BrCl2N3O3/c18-14-4-2-1-3-13(14)17(26)21-23-9-15(24)22(8-16(23)25)12-6-10(19)5-11(20)7-12/h1-7H,8-9H2,(H,21,26). The summed E-state index contributed by atoms with van der Waals surface area (Å²) in [6, 6.07) is 11.4. The first-order valence-corrected chi connectivity index (χ1v) is 9.02. The highest BCUT2D eigenvalue weighted by atomic mass is 79.9. The van der Waals surface area contributed by atoms with E-state index in [2.05, 4.69) is 21.4 Å². The number of carbonyl (C=O) groups is 3. The molecule has 3 rings (SSSR count). The van der Waals surface area contributed by atoms with Crippen LogP contribution < -0.4 is 10.3 Å². The zero-order valence-electron chi connectivity index (χ0n) is 13.2. The minimum atomic E-state index is -0.488. The molecule has 0 spiro atoms. The van der Waals surface area contributed by atoms with Crippen LogP contribution >= 0.6 is 39.1 Å². The largest absolute Gasteiger partial charge is 0.301 e. The Morgan fingerprint density at radius 3 is 2.31 bits per heavy atom. The quantitative estimate of drug-likeness (QED) is 0.770. The molecule has 0 radical (unpaired) electrons. The van der Waals surface area contributed by atoms with Crippen LogP contribution in [0.1, 0.15) is 10.4 Å². The minimum Gasteiger partial charge on any atom is -0.301 e. The van der Waals surface area contributed by atoms with Gasteiger partial charge < -0.3 is 4.90 Å². The fraction of sp³-hybridized carbons (Fsp3) is 0.118. The molecular weight excluding hydrogens is 445 g/mol. The van der Waals surface area contributed by atoms with E-state index in [4.69, 9.17) is 23.2 Å². The molecule has 3 amide bonds. The summed E-state index contributed by atoms with van der Waals surface area (Å²) >= 11 is 15.2. The van der Waals surface area contributed by atoms with E-state index >= 15 is 0 Å². The number of nitrogens with one attached hydrogen (secondary N) is 1. The average molecular weight is 457 g/mol. The van der Waals surface area contributed by atoms with Gasteiger partial charge in [0.15, 0.2) is 0 Å². The maximum atomic E-state index is 12.4. The highest BCUT2D eigenvalue weighted by Crippen LogP contribution is 2.26. The molecule has 2 aromatic rings. The Kier molecular flexibility index (Phi) is 5.50. The fourth-order valence-electron chi connectivity index (χ4n) is 2.48. The van der Waals surface area contributed by atoms with Crippen molar-refractivity contribution in [2.75, 3.05) is 18.0 Å². The number of carbonyl (C=O) groups excluding carboxylic acids is 3. The molecule has 0 saturated carbocycles. The van der Waals surface area contributed by atoms with Crippen molar-refractivity contribution in [1.82, 2.24) is 10.4 Å². The third-order valence-electron chi connectivity index (χ3n) is 3.70. The van der Waals surface area contributed by atoms with Gasteiger partial charge in [0.1, 0.15) is 13.1 Å². The van der Waals surface area contributed by atoms with Crippen molar-refractivity contribution in [2.24, 2.45) is 0 Å². The molecule has 1 N–H and O–H groups in total. The third kappa shape index (κ3) is 4.00. The van der Waals surface area contributed by atoms with Crippen LogP contribution in [-0.2, 0) is 9.59 Å². The summed E-state index contributed by atoms with van der Waals surface area (Å²) in [5.41, 5.74) is 3.25. The van der Waals surface area contributed by atoms with Crippen LogP contribution in [0.2, 0.25) is 10.0 Å². The van der Waals surface area contributed by atoms with Crippen LogP contribution in [0.5, 0.6) is 0 Å². The van der Waals surface area contributed by atoms with Gasteiger partial charge in [-0.15, -0.1) is 0 Å². The number of benzene rings is 2. The minimum absolute atomic E-state index is 0.230. The van der Waals surface area contributed by atoms with Gasteiger partial charge in [0.2, 0.25) is 5.91 Å². The van der Waals surface area contributed by atoms with Crippen molar-refractivity contribution in [1.29, 1.82) is 0 Å². The number of halogens is 3. The highest BCUT2D eigenvalue weighted by Gasteiger charge is 2.32. The lowest BCUT2D eigenvalue weighted by Gasteiger charge is -2.34. The molecule has 6 nitrogen and oxygen atoms in total. The summed E-state index contributed by atoms with van der Waals surface area (Å²) in [4.78, 5) is 38.4. The number of amides is 3. The van der Waals surface area contributed by atoms with Gasteiger partial charge in [-0.05, 0) is 46.3 Å². The van der Waals surface area contributed by atoms with Crippen LogP contribution in [0, 0.1) is 0 Å². The lowest BCUT2D eigenvalue weighted by molar-refractivity contribution is -0.140. The molecule has 0 atom stereocenters. The Morgan fingerprint density at radius 2 is 1.65 bits per heavy atom. The first-order chi connectivity index (χ1) is 12.3. The summed E-state index contributed by atoms with van der Waals surface area (Å²) in [7, 11) is 0. The Bertz CT molecular complexity index is 886. The average Bonchev–Trinajstić information content (AvgIpc) is 2.57. The van der Waals surface area contributed by atoms with Crippen molar-refractivity contribution in [3.8, 4) is 0 Å². The molecule has 0 bridgehead atoms. The SMILES string of the molecule is O=C(NN1CC(=O)N(c2cc(Cl)cc(Cl)c2)CC1=O)c1ccccc1Br. The molecule has 9 heteroatoms. The predicted octanol–water partition coefficient (Wildman–Crippen LogP) is 3.28. The van der Waals surface area contributed by atoms with Gasteiger partial charge in [-0.1, -0.05) is 35.3 Å². The summed E-state index contributed by atoms with van der Waals surface area (Å²) < 4.78 is 0.587. The molecule has 1 aliphatic heterocycles. The van der Waals surface area contributed by atoms with Gasteiger partial charge in [0.05, 0.1) is 5.56 Å². The van der Waals surface area contributed by atoms with Crippen LogP contribution in [0.25, 0.3) is 0 Å². The zero-order chi connectivity index (χ0) is 18.8.